The SMILES string of the molecule is CCCCn1nc(C(=O)O[C@H](C)C(=O)Nc2ccc(C)cc2)c2ccccc2c1=O. The van der Waals surface area contributed by atoms with Gasteiger partial charge >= 0.3 is 5.97 Å². The molecule has 0 saturated carbocycles. The molecule has 0 unspecified atom stereocenters. The van der Waals surface area contributed by atoms with Gasteiger partial charge in [0.25, 0.3) is 11.5 Å². The molecule has 0 aliphatic carbocycles. The zero-order chi connectivity index (χ0) is 21.7. The lowest BCUT2D eigenvalue weighted by Crippen LogP contribution is -2.32. The van der Waals surface area contributed by atoms with E-state index in [1.807, 2.05) is 26.0 Å². The number of nitrogens with one attached hydrogen (secondary N) is 1. The van der Waals surface area contributed by atoms with E-state index in [2.05, 4.69) is 10.4 Å². The Hall–Kier alpha value is -3.48. The maximum Gasteiger partial charge on any atom is 0.360 e. The van der Waals surface area contributed by atoms with Crippen LogP contribution < -0.4 is 10.9 Å². The van der Waals surface area contributed by atoms with Crippen molar-refractivity contribution in [2.24, 2.45) is 0 Å². The fourth-order valence-electron chi connectivity index (χ4n) is 3.00. The second-order valence-corrected chi connectivity index (χ2v) is 7.18. The van der Waals surface area contributed by atoms with Gasteiger partial charge in [-0.05, 0) is 38.5 Å². The zero-order valence-electron chi connectivity index (χ0n) is 17.3. The summed E-state index contributed by atoms with van der Waals surface area (Å²) in [6.45, 7) is 5.86. The van der Waals surface area contributed by atoms with E-state index in [0.29, 0.717) is 23.0 Å². The summed E-state index contributed by atoms with van der Waals surface area (Å²) in [5, 5.41) is 7.77. The molecule has 0 fully saturated rings. The highest BCUT2D eigenvalue weighted by molar-refractivity contribution is 6.03. The highest BCUT2D eigenvalue weighted by atomic mass is 16.5. The van der Waals surface area contributed by atoms with Gasteiger partial charge < -0.3 is 10.1 Å². The van der Waals surface area contributed by atoms with Gasteiger partial charge in [0.2, 0.25) is 0 Å². The molecular formula is C23H25N3O4. The van der Waals surface area contributed by atoms with E-state index in [1.54, 1.807) is 36.4 Å². The number of aryl methyl sites for hydroxylation is 2. The molecule has 1 atom stereocenters. The summed E-state index contributed by atoms with van der Waals surface area (Å²) in [5.41, 5.74) is 1.46. The Bertz CT molecular complexity index is 1120. The molecule has 0 saturated heterocycles. The molecule has 1 amide bonds. The van der Waals surface area contributed by atoms with Crippen LogP contribution in [0.15, 0.2) is 53.3 Å². The Morgan fingerprint density at radius 2 is 1.77 bits per heavy atom. The fourth-order valence-corrected chi connectivity index (χ4v) is 3.00. The summed E-state index contributed by atoms with van der Waals surface area (Å²) < 4.78 is 6.66. The van der Waals surface area contributed by atoms with Crippen molar-refractivity contribution in [2.45, 2.75) is 46.3 Å². The number of hydrogen-bond donors (Lipinski definition) is 1. The minimum Gasteiger partial charge on any atom is -0.448 e. The molecule has 0 spiro atoms. The van der Waals surface area contributed by atoms with Gasteiger partial charge in [0.1, 0.15) is 0 Å². The summed E-state index contributed by atoms with van der Waals surface area (Å²) >= 11 is 0. The fraction of sp³-hybridized carbons (Fsp3) is 0.304. The number of rotatable bonds is 7. The number of carbonyl (C=O) groups is 2. The Morgan fingerprint density at radius 1 is 1.10 bits per heavy atom. The smallest absolute Gasteiger partial charge is 0.360 e. The highest BCUT2D eigenvalue weighted by Gasteiger charge is 2.23. The lowest BCUT2D eigenvalue weighted by molar-refractivity contribution is -0.123. The molecule has 0 radical (unpaired) electrons. The van der Waals surface area contributed by atoms with Gasteiger partial charge in [0.15, 0.2) is 11.8 Å². The zero-order valence-corrected chi connectivity index (χ0v) is 17.3. The summed E-state index contributed by atoms with van der Waals surface area (Å²) in [4.78, 5) is 37.9. The summed E-state index contributed by atoms with van der Waals surface area (Å²) in [5.74, 6) is -1.20. The van der Waals surface area contributed by atoms with Crippen LogP contribution in [0, 0.1) is 6.92 Å². The van der Waals surface area contributed by atoms with Crippen LogP contribution in [0.2, 0.25) is 0 Å². The van der Waals surface area contributed by atoms with Crippen LogP contribution >= 0.6 is 0 Å². The number of esters is 1. The molecule has 156 valence electrons. The number of unbranched alkanes of at least 4 members (excludes halogenated alkanes) is 1. The molecule has 7 heteroatoms. The monoisotopic (exact) mass is 407 g/mol. The average molecular weight is 407 g/mol. The third-order valence-electron chi connectivity index (χ3n) is 4.76. The van der Waals surface area contributed by atoms with Gasteiger partial charge in [0, 0.05) is 17.6 Å². The number of aromatic nitrogens is 2. The van der Waals surface area contributed by atoms with Crippen LogP contribution in [-0.2, 0) is 16.1 Å². The third-order valence-corrected chi connectivity index (χ3v) is 4.76. The number of ether oxygens (including phenoxy) is 1. The number of benzene rings is 2. The summed E-state index contributed by atoms with van der Waals surface area (Å²) in [6, 6.07) is 14.1. The van der Waals surface area contributed by atoms with Crippen molar-refractivity contribution in [3.63, 3.8) is 0 Å². The molecule has 0 aliphatic heterocycles. The largest absolute Gasteiger partial charge is 0.448 e. The maximum atomic E-state index is 12.8. The topological polar surface area (TPSA) is 90.3 Å². The van der Waals surface area contributed by atoms with Crippen molar-refractivity contribution >= 4 is 28.3 Å². The number of carbonyl (C=O) groups excluding carboxylic acids is 2. The maximum absolute atomic E-state index is 12.8. The first-order chi connectivity index (χ1) is 14.4. The summed E-state index contributed by atoms with van der Waals surface area (Å²) in [6.07, 6.45) is 0.613. The second kappa shape index (κ2) is 9.35. The molecule has 1 N–H and O–H groups in total. The summed E-state index contributed by atoms with van der Waals surface area (Å²) in [7, 11) is 0. The standard InChI is InChI=1S/C23H25N3O4/c1-4-5-14-26-22(28)19-9-7-6-8-18(19)20(25-26)23(29)30-16(3)21(27)24-17-12-10-15(2)11-13-17/h6-13,16H,4-5,14H2,1-3H3,(H,24,27)/t16-/m1/s1. The first-order valence-electron chi connectivity index (χ1n) is 9.99. The van der Waals surface area contributed by atoms with Crippen molar-refractivity contribution in [2.75, 3.05) is 5.32 Å². The molecule has 1 heterocycles. The van der Waals surface area contributed by atoms with E-state index in [0.717, 1.165) is 18.4 Å². The molecule has 0 bridgehead atoms. The third kappa shape index (κ3) is 4.74. The van der Waals surface area contributed by atoms with E-state index in [-0.39, 0.29) is 11.3 Å². The van der Waals surface area contributed by atoms with Crippen LogP contribution in [0.25, 0.3) is 10.8 Å². The van der Waals surface area contributed by atoms with Crippen LogP contribution in [0.5, 0.6) is 0 Å². The Morgan fingerprint density at radius 3 is 2.43 bits per heavy atom. The van der Waals surface area contributed by atoms with E-state index in [9.17, 15) is 14.4 Å². The molecular weight excluding hydrogens is 382 g/mol. The number of amides is 1. The number of hydrogen-bond acceptors (Lipinski definition) is 5. The minimum absolute atomic E-state index is 0.0243. The van der Waals surface area contributed by atoms with Gasteiger partial charge in [0.05, 0.1) is 5.39 Å². The predicted molar refractivity (Wildman–Crippen MR) is 116 cm³/mol. The van der Waals surface area contributed by atoms with Crippen molar-refractivity contribution in [3.8, 4) is 0 Å². The lowest BCUT2D eigenvalue weighted by atomic mass is 10.1. The Kier molecular flexibility index (Phi) is 6.61. The van der Waals surface area contributed by atoms with Crippen molar-refractivity contribution < 1.29 is 14.3 Å². The first-order valence-corrected chi connectivity index (χ1v) is 9.99. The van der Waals surface area contributed by atoms with Crippen LogP contribution in [-0.4, -0.2) is 27.8 Å². The van der Waals surface area contributed by atoms with Gasteiger partial charge in [-0.15, -0.1) is 0 Å². The number of anilines is 1. The molecule has 0 aliphatic rings. The average Bonchev–Trinajstić information content (AvgIpc) is 2.75. The Labute approximate surface area is 174 Å². The molecule has 3 aromatic rings. The molecule has 7 nitrogen and oxygen atoms in total. The first kappa shape index (κ1) is 21.2. The van der Waals surface area contributed by atoms with E-state index in [1.165, 1.54) is 11.6 Å². The lowest BCUT2D eigenvalue weighted by Gasteiger charge is -2.15. The van der Waals surface area contributed by atoms with E-state index in [4.69, 9.17) is 4.74 Å². The van der Waals surface area contributed by atoms with Crippen LogP contribution in [0.4, 0.5) is 5.69 Å². The predicted octanol–water partition coefficient (Wildman–Crippen LogP) is 3.69. The highest BCUT2D eigenvalue weighted by Crippen LogP contribution is 2.16. The number of nitrogens with zero attached hydrogens (tertiary/aromatic N) is 2. The van der Waals surface area contributed by atoms with Crippen molar-refractivity contribution in [1.29, 1.82) is 0 Å². The minimum atomic E-state index is -1.03. The molecule has 2 aromatic carbocycles. The van der Waals surface area contributed by atoms with Gasteiger partial charge in [-0.25, -0.2) is 9.48 Å². The Balaban J connectivity index is 1.83. The van der Waals surface area contributed by atoms with Crippen molar-refractivity contribution in [3.05, 3.63) is 70.1 Å². The number of fused-ring (bicyclic) bond motifs is 1. The van der Waals surface area contributed by atoms with Crippen LogP contribution in [0.3, 0.4) is 0 Å². The van der Waals surface area contributed by atoms with Gasteiger partial charge in [-0.3, -0.25) is 9.59 Å². The normalized spacial score (nSPS) is 11.8. The quantitative estimate of drug-likeness (QED) is 0.603. The van der Waals surface area contributed by atoms with Gasteiger partial charge in [-0.1, -0.05) is 49.2 Å². The van der Waals surface area contributed by atoms with Crippen LogP contribution in [0.1, 0.15) is 42.7 Å². The molecule has 3 rings (SSSR count). The molecule has 30 heavy (non-hydrogen) atoms. The van der Waals surface area contributed by atoms with Gasteiger partial charge in [-0.2, -0.15) is 5.10 Å². The second-order valence-electron chi connectivity index (χ2n) is 7.18. The van der Waals surface area contributed by atoms with E-state index >= 15 is 0 Å². The van der Waals surface area contributed by atoms with Crippen molar-refractivity contribution in [1.82, 2.24) is 9.78 Å². The van der Waals surface area contributed by atoms with E-state index < -0.39 is 18.0 Å². The molecule has 1 aromatic heterocycles.